The van der Waals surface area contributed by atoms with Gasteiger partial charge in [-0.15, -0.1) is 22.7 Å². The molecule has 1 aliphatic heterocycles. The van der Waals surface area contributed by atoms with E-state index < -0.39 is 0 Å². The minimum atomic E-state index is 0.00621. The van der Waals surface area contributed by atoms with Gasteiger partial charge < -0.3 is 9.64 Å². The summed E-state index contributed by atoms with van der Waals surface area (Å²) in [7, 11) is 0. The summed E-state index contributed by atoms with van der Waals surface area (Å²) in [6.07, 6.45) is 0.0885. The van der Waals surface area contributed by atoms with Crippen molar-refractivity contribution >= 4 is 28.6 Å². The Hall–Kier alpha value is -1.24. The van der Waals surface area contributed by atoms with Crippen molar-refractivity contribution < 1.29 is 9.53 Å². The fraction of sp³-hybridized carbons (Fsp3) is 0.429. The van der Waals surface area contributed by atoms with E-state index in [4.69, 9.17) is 4.74 Å². The normalized spacial score (nSPS) is 23.0. The molecule has 0 saturated carbocycles. The zero-order valence-electron chi connectivity index (χ0n) is 11.4. The summed E-state index contributed by atoms with van der Waals surface area (Å²) in [5.41, 5.74) is 0.541. The van der Waals surface area contributed by atoms with Crippen LogP contribution in [0.15, 0.2) is 22.9 Å². The first-order valence-corrected chi connectivity index (χ1v) is 8.33. The third-order valence-corrected chi connectivity index (χ3v) is 5.21. The molecule has 0 radical (unpaired) electrons. The SMILES string of the molecule is C[C@@H]1CN(C(=O)c2csc(-c3cccs3)n2)[C@@H](C)CO1. The molecule has 3 heterocycles. The summed E-state index contributed by atoms with van der Waals surface area (Å²) < 4.78 is 5.56. The van der Waals surface area contributed by atoms with Gasteiger partial charge in [-0.3, -0.25) is 4.79 Å². The number of hydrogen-bond donors (Lipinski definition) is 0. The number of morpholine rings is 1. The maximum atomic E-state index is 12.6. The highest BCUT2D eigenvalue weighted by atomic mass is 32.1. The van der Waals surface area contributed by atoms with Crippen LogP contribution in [0.3, 0.4) is 0 Å². The van der Waals surface area contributed by atoms with E-state index in [-0.39, 0.29) is 18.1 Å². The van der Waals surface area contributed by atoms with Gasteiger partial charge in [0.1, 0.15) is 10.7 Å². The Kier molecular flexibility index (Phi) is 3.87. The van der Waals surface area contributed by atoms with Crippen LogP contribution in [0.25, 0.3) is 9.88 Å². The zero-order valence-corrected chi connectivity index (χ0v) is 13.0. The van der Waals surface area contributed by atoms with Crippen LogP contribution in [0.1, 0.15) is 24.3 Å². The highest BCUT2D eigenvalue weighted by Gasteiger charge is 2.29. The molecule has 0 aromatic carbocycles. The monoisotopic (exact) mass is 308 g/mol. The molecular formula is C14H16N2O2S2. The average Bonchev–Trinajstić information content (AvgIpc) is 3.10. The number of thiophene rings is 1. The lowest BCUT2D eigenvalue weighted by atomic mass is 10.2. The molecule has 1 amide bonds. The van der Waals surface area contributed by atoms with Gasteiger partial charge in [-0.05, 0) is 25.3 Å². The van der Waals surface area contributed by atoms with E-state index in [0.29, 0.717) is 18.8 Å². The van der Waals surface area contributed by atoms with Crippen LogP contribution in [0, 0.1) is 0 Å². The fourth-order valence-corrected chi connectivity index (χ4v) is 3.83. The first kappa shape index (κ1) is 13.7. The minimum Gasteiger partial charge on any atom is -0.375 e. The van der Waals surface area contributed by atoms with Crippen molar-refractivity contribution in [3.8, 4) is 9.88 Å². The van der Waals surface area contributed by atoms with Crippen LogP contribution in [0.2, 0.25) is 0 Å². The molecule has 2 atom stereocenters. The molecule has 0 unspecified atom stereocenters. The number of aromatic nitrogens is 1. The first-order valence-electron chi connectivity index (χ1n) is 6.57. The van der Waals surface area contributed by atoms with E-state index in [2.05, 4.69) is 4.98 Å². The number of carbonyl (C=O) groups is 1. The third-order valence-electron chi connectivity index (χ3n) is 3.32. The average molecular weight is 308 g/mol. The fourth-order valence-electron chi connectivity index (χ4n) is 2.22. The molecule has 20 heavy (non-hydrogen) atoms. The Morgan fingerprint density at radius 1 is 1.45 bits per heavy atom. The predicted molar refractivity (Wildman–Crippen MR) is 81.3 cm³/mol. The highest BCUT2D eigenvalue weighted by molar-refractivity contribution is 7.20. The molecule has 0 N–H and O–H groups in total. The summed E-state index contributed by atoms with van der Waals surface area (Å²) >= 11 is 3.16. The molecule has 2 aromatic rings. The van der Waals surface area contributed by atoms with Gasteiger partial charge in [-0.2, -0.15) is 0 Å². The molecule has 4 nitrogen and oxygen atoms in total. The van der Waals surface area contributed by atoms with E-state index in [9.17, 15) is 4.79 Å². The van der Waals surface area contributed by atoms with Gasteiger partial charge in [0.25, 0.3) is 5.91 Å². The van der Waals surface area contributed by atoms with Crippen LogP contribution >= 0.6 is 22.7 Å². The summed E-state index contributed by atoms with van der Waals surface area (Å²) in [5.74, 6) is 0.00621. The lowest BCUT2D eigenvalue weighted by Crippen LogP contribution is -2.50. The molecular weight excluding hydrogens is 292 g/mol. The van der Waals surface area contributed by atoms with Crippen LogP contribution < -0.4 is 0 Å². The predicted octanol–water partition coefficient (Wildman–Crippen LogP) is 3.12. The maximum absolute atomic E-state index is 12.6. The minimum absolute atomic E-state index is 0.00621. The summed E-state index contributed by atoms with van der Waals surface area (Å²) in [6.45, 7) is 5.22. The van der Waals surface area contributed by atoms with Gasteiger partial charge in [-0.25, -0.2) is 4.98 Å². The lowest BCUT2D eigenvalue weighted by Gasteiger charge is -2.36. The first-order chi connectivity index (χ1) is 9.65. The van der Waals surface area contributed by atoms with Crippen molar-refractivity contribution in [3.05, 3.63) is 28.6 Å². The number of amides is 1. The lowest BCUT2D eigenvalue weighted by molar-refractivity contribution is -0.0388. The Bertz CT molecular complexity index is 594. The number of nitrogens with zero attached hydrogens (tertiary/aromatic N) is 2. The van der Waals surface area contributed by atoms with Crippen molar-refractivity contribution in [1.29, 1.82) is 0 Å². The molecule has 1 saturated heterocycles. The molecule has 6 heteroatoms. The Morgan fingerprint density at radius 3 is 3.05 bits per heavy atom. The van der Waals surface area contributed by atoms with Gasteiger partial charge in [0.15, 0.2) is 0 Å². The number of thiazole rings is 1. The van der Waals surface area contributed by atoms with Crippen molar-refractivity contribution in [1.82, 2.24) is 9.88 Å². The van der Waals surface area contributed by atoms with Crippen LogP contribution in [-0.2, 0) is 4.74 Å². The van der Waals surface area contributed by atoms with Gasteiger partial charge in [0.05, 0.1) is 23.6 Å². The molecule has 2 aromatic heterocycles. The van der Waals surface area contributed by atoms with Crippen molar-refractivity contribution in [3.63, 3.8) is 0 Å². The zero-order chi connectivity index (χ0) is 14.1. The van der Waals surface area contributed by atoms with E-state index in [0.717, 1.165) is 9.88 Å². The Morgan fingerprint density at radius 2 is 2.30 bits per heavy atom. The van der Waals surface area contributed by atoms with Crippen molar-refractivity contribution in [2.75, 3.05) is 13.2 Å². The van der Waals surface area contributed by atoms with E-state index in [1.54, 1.807) is 11.3 Å². The molecule has 0 spiro atoms. The Labute approximate surface area is 126 Å². The summed E-state index contributed by atoms with van der Waals surface area (Å²) in [5, 5.41) is 4.78. The van der Waals surface area contributed by atoms with Gasteiger partial charge in [-0.1, -0.05) is 6.07 Å². The van der Waals surface area contributed by atoms with Gasteiger partial charge >= 0.3 is 0 Å². The molecule has 1 fully saturated rings. The second-order valence-corrected chi connectivity index (χ2v) is 6.77. The highest BCUT2D eigenvalue weighted by Crippen LogP contribution is 2.28. The third kappa shape index (κ3) is 2.63. The maximum Gasteiger partial charge on any atom is 0.273 e. The van der Waals surface area contributed by atoms with Crippen LogP contribution in [-0.4, -0.2) is 41.1 Å². The number of rotatable bonds is 2. The summed E-state index contributed by atoms with van der Waals surface area (Å²) in [4.78, 5) is 20.0. The molecule has 0 bridgehead atoms. The molecule has 3 rings (SSSR count). The van der Waals surface area contributed by atoms with Crippen molar-refractivity contribution in [2.45, 2.75) is 26.0 Å². The van der Waals surface area contributed by atoms with E-state index >= 15 is 0 Å². The number of ether oxygens (including phenoxy) is 1. The Balaban J connectivity index is 1.80. The molecule has 106 valence electrons. The smallest absolute Gasteiger partial charge is 0.273 e. The van der Waals surface area contributed by atoms with Crippen LogP contribution in [0.5, 0.6) is 0 Å². The number of hydrogen-bond acceptors (Lipinski definition) is 5. The topological polar surface area (TPSA) is 42.4 Å². The summed E-state index contributed by atoms with van der Waals surface area (Å²) in [6, 6.07) is 4.12. The largest absolute Gasteiger partial charge is 0.375 e. The van der Waals surface area contributed by atoms with Gasteiger partial charge in [0.2, 0.25) is 0 Å². The van der Waals surface area contributed by atoms with Gasteiger partial charge in [0, 0.05) is 11.9 Å². The quantitative estimate of drug-likeness (QED) is 0.856. The second-order valence-electron chi connectivity index (χ2n) is 4.97. The van der Waals surface area contributed by atoms with E-state index in [1.807, 2.05) is 41.6 Å². The molecule has 0 aliphatic carbocycles. The molecule has 1 aliphatic rings. The van der Waals surface area contributed by atoms with Crippen molar-refractivity contribution in [2.24, 2.45) is 0 Å². The second kappa shape index (κ2) is 5.63. The number of carbonyl (C=O) groups excluding carboxylic acids is 1. The van der Waals surface area contributed by atoms with E-state index in [1.165, 1.54) is 11.3 Å². The van der Waals surface area contributed by atoms with Crippen LogP contribution in [0.4, 0.5) is 0 Å². The standard InChI is InChI=1S/C14H16N2O2S2/c1-9-7-18-10(2)6-16(9)14(17)11-8-20-13(15-11)12-4-3-5-19-12/h3-5,8-10H,6-7H2,1-2H3/t9-,10+/m0/s1.